The average molecular weight is 321 g/mol. The number of hydrogen-bond acceptors (Lipinski definition) is 3. The molecule has 124 valence electrons. The smallest absolute Gasteiger partial charge is 0.134 e. The lowest BCUT2D eigenvalue weighted by molar-refractivity contribution is 0.340. The number of ether oxygens (including phenoxy) is 1. The van der Waals surface area contributed by atoms with Crippen molar-refractivity contribution in [3.8, 4) is 5.75 Å². The van der Waals surface area contributed by atoms with Crippen molar-refractivity contribution in [1.82, 2.24) is 4.90 Å². The number of fused-ring (bicyclic) bond motifs is 1. The van der Waals surface area contributed by atoms with Crippen molar-refractivity contribution in [3.05, 3.63) is 72.0 Å². The highest BCUT2D eigenvalue weighted by Crippen LogP contribution is 2.21. The van der Waals surface area contributed by atoms with Gasteiger partial charge >= 0.3 is 0 Å². The molecule has 0 N–H and O–H groups in total. The Morgan fingerprint density at radius 2 is 1.88 bits per heavy atom. The third kappa shape index (κ3) is 4.06. The Hall–Kier alpha value is -2.52. The van der Waals surface area contributed by atoms with Crippen LogP contribution in [0.1, 0.15) is 18.1 Å². The van der Waals surface area contributed by atoms with E-state index in [1.54, 1.807) is 0 Å². The first-order chi connectivity index (χ1) is 11.8. The molecule has 0 radical (unpaired) electrons. The Balaban J connectivity index is 1.56. The molecule has 3 nitrogen and oxygen atoms in total. The van der Waals surface area contributed by atoms with E-state index in [4.69, 9.17) is 9.15 Å². The summed E-state index contributed by atoms with van der Waals surface area (Å²) in [6, 6.07) is 16.3. The van der Waals surface area contributed by atoms with E-state index in [0.29, 0.717) is 6.61 Å². The first-order valence-electron chi connectivity index (χ1n) is 8.29. The largest absolute Gasteiger partial charge is 0.494 e. The van der Waals surface area contributed by atoms with E-state index >= 15 is 0 Å². The Bertz CT molecular complexity index is 802. The average Bonchev–Trinajstić information content (AvgIpc) is 3.00. The van der Waals surface area contributed by atoms with Crippen molar-refractivity contribution < 1.29 is 9.15 Å². The second-order valence-electron chi connectivity index (χ2n) is 5.86. The van der Waals surface area contributed by atoms with Gasteiger partial charge in [-0.05, 0) is 37.7 Å². The molecule has 1 heterocycles. The SMILES string of the molecule is CCOc1ccc(C=CCN(C)Cc2coc3ccccc23)cc1. The van der Waals surface area contributed by atoms with Gasteiger partial charge in [-0.3, -0.25) is 4.90 Å². The number of benzene rings is 2. The van der Waals surface area contributed by atoms with Gasteiger partial charge in [-0.15, -0.1) is 0 Å². The Labute approximate surface area is 143 Å². The van der Waals surface area contributed by atoms with E-state index in [9.17, 15) is 0 Å². The van der Waals surface area contributed by atoms with Crippen LogP contribution in [0.3, 0.4) is 0 Å². The van der Waals surface area contributed by atoms with Gasteiger partial charge in [0.25, 0.3) is 0 Å². The quantitative estimate of drug-likeness (QED) is 0.614. The van der Waals surface area contributed by atoms with Crippen LogP contribution < -0.4 is 4.74 Å². The minimum atomic E-state index is 0.697. The van der Waals surface area contributed by atoms with Gasteiger partial charge < -0.3 is 9.15 Å². The predicted molar refractivity (Wildman–Crippen MR) is 99.2 cm³/mol. The lowest BCUT2D eigenvalue weighted by Gasteiger charge is -2.13. The van der Waals surface area contributed by atoms with E-state index in [0.717, 1.165) is 24.4 Å². The summed E-state index contributed by atoms with van der Waals surface area (Å²) in [4.78, 5) is 2.27. The maximum absolute atomic E-state index is 5.60. The molecule has 0 aliphatic rings. The number of nitrogens with zero attached hydrogens (tertiary/aromatic N) is 1. The van der Waals surface area contributed by atoms with Crippen LogP contribution in [-0.2, 0) is 6.54 Å². The molecule has 3 heteroatoms. The molecule has 0 amide bonds. The fraction of sp³-hybridized carbons (Fsp3) is 0.238. The van der Waals surface area contributed by atoms with Crippen LogP contribution in [-0.4, -0.2) is 25.1 Å². The Kier molecular flexibility index (Phi) is 5.34. The molecular formula is C21H23NO2. The molecule has 0 aliphatic carbocycles. The molecule has 1 aromatic heterocycles. The van der Waals surface area contributed by atoms with Crippen LogP contribution in [0.5, 0.6) is 5.75 Å². The molecule has 3 rings (SSSR count). The molecule has 0 saturated heterocycles. The molecule has 2 aromatic carbocycles. The maximum Gasteiger partial charge on any atom is 0.134 e. The van der Waals surface area contributed by atoms with E-state index < -0.39 is 0 Å². The van der Waals surface area contributed by atoms with Crippen molar-refractivity contribution in [1.29, 1.82) is 0 Å². The fourth-order valence-electron chi connectivity index (χ4n) is 2.72. The Morgan fingerprint density at radius 3 is 2.67 bits per heavy atom. The van der Waals surface area contributed by atoms with Crippen LogP contribution in [0.15, 0.2) is 65.3 Å². The predicted octanol–water partition coefficient (Wildman–Crippen LogP) is 4.98. The molecular weight excluding hydrogens is 298 g/mol. The van der Waals surface area contributed by atoms with Gasteiger partial charge in [0.1, 0.15) is 11.3 Å². The molecule has 0 bridgehead atoms. The number of para-hydroxylation sites is 1. The fourth-order valence-corrected chi connectivity index (χ4v) is 2.72. The molecule has 0 unspecified atom stereocenters. The lowest BCUT2D eigenvalue weighted by Crippen LogP contribution is -2.17. The van der Waals surface area contributed by atoms with Crippen LogP contribution in [0, 0.1) is 0 Å². The van der Waals surface area contributed by atoms with Gasteiger partial charge in [-0.25, -0.2) is 0 Å². The first-order valence-corrected chi connectivity index (χ1v) is 8.29. The first kappa shape index (κ1) is 16.3. The van der Waals surface area contributed by atoms with Gasteiger partial charge in [0.05, 0.1) is 12.9 Å². The van der Waals surface area contributed by atoms with Crippen molar-refractivity contribution in [2.24, 2.45) is 0 Å². The number of likely N-dealkylation sites (N-methyl/N-ethyl adjacent to an activating group) is 1. The summed E-state index contributed by atoms with van der Waals surface area (Å²) >= 11 is 0. The number of rotatable bonds is 7. The summed E-state index contributed by atoms with van der Waals surface area (Å²) in [6.07, 6.45) is 6.18. The van der Waals surface area contributed by atoms with Gasteiger partial charge in [0.2, 0.25) is 0 Å². The highest BCUT2D eigenvalue weighted by Gasteiger charge is 2.06. The monoisotopic (exact) mass is 321 g/mol. The third-order valence-electron chi connectivity index (χ3n) is 3.92. The van der Waals surface area contributed by atoms with Gasteiger partial charge in [-0.1, -0.05) is 42.5 Å². The van der Waals surface area contributed by atoms with Gasteiger partial charge in [0.15, 0.2) is 0 Å². The van der Waals surface area contributed by atoms with Crippen molar-refractivity contribution in [2.75, 3.05) is 20.2 Å². The van der Waals surface area contributed by atoms with Crippen molar-refractivity contribution in [3.63, 3.8) is 0 Å². The lowest BCUT2D eigenvalue weighted by atomic mass is 10.1. The van der Waals surface area contributed by atoms with Gasteiger partial charge in [0, 0.05) is 24.0 Å². The zero-order chi connectivity index (χ0) is 16.8. The van der Waals surface area contributed by atoms with Crippen LogP contribution >= 0.6 is 0 Å². The van der Waals surface area contributed by atoms with E-state index in [1.165, 1.54) is 16.5 Å². The van der Waals surface area contributed by atoms with Crippen molar-refractivity contribution in [2.45, 2.75) is 13.5 Å². The zero-order valence-corrected chi connectivity index (χ0v) is 14.2. The number of hydrogen-bond donors (Lipinski definition) is 0. The standard InChI is InChI=1S/C21H23NO2/c1-3-23-19-12-10-17(11-13-19)7-6-14-22(2)15-18-16-24-21-9-5-4-8-20(18)21/h4-13,16H,3,14-15H2,1-2H3. The van der Waals surface area contributed by atoms with E-state index in [2.05, 4.69) is 42.3 Å². The summed E-state index contributed by atoms with van der Waals surface area (Å²) in [5, 5.41) is 1.19. The Morgan fingerprint density at radius 1 is 1.08 bits per heavy atom. The van der Waals surface area contributed by atoms with Gasteiger partial charge in [-0.2, -0.15) is 0 Å². The molecule has 0 atom stereocenters. The van der Waals surface area contributed by atoms with Crippen LogP contribution in [0.2, 0.25) is 0 Å². The highest BCUT2D eigenvalue weighted by molar-refractivity contribution is 5.80. The maximum atomic E-state index is 5.60. The summed E-state index contributed by atoms with van der Waals surface area (Å²) in [7, 11) is 2.12. The second-order valence-corrected chi connectivity index (χ2v) is 5.86. The van der Waals surface area contributed by atoms with E-state index in [-0.39, 0.29) is 0 Å². The molecule has 24 heavy (non-hydrogen) atoms. The molecule has 0 aliphatic heterocycles. The summed E-state index contributed by atoms with van der Waals surface area (Å²) < 4.78 is 11.1. The molecule has 0 spiro atoms. The third-order valence-corrected chi connectivity index (χ3v) is 3.92. The molecule has 3 aromatic rings. The minimum absolute atomic E-state index is 0.697. The summed E-state index contributed by atoms with van der Waals surface area (Å²) in [5.74, 6) is 0.915. The molecule has 0 fully saturated rings. The second kappa shape index (κ2) is 7.84. The van der Waals surface area contributed by atoms with Crippen LogP contribution in [0.4, 0.5) is 0 Å². The van der Waals surface area contributed by atoms with Crippen molar-refractivity contribution >= 4 is 17.0 Å². The van der Waals surface area contributed by atoms with E-state index in [1.807, 2.05) is 43.5 Å². The minimum Gasteiger partial charge on any atom is -0.494 e. The topological polar surface area (TPSA) is 25.6 Å². The molecule has 0 saturated carbocycles. The zero-order valence-electron chi connectivity index (χ0n) is 14.2. The summed E-state index contributed by atoms with van der Waals surface area (Å²) in [5.41, 5.74) is 3.36. The normalized spacial score (nSPS) is 11.6. The van der Waals surface area contributed by atoms with Crippen LogP contribution in [0.25, 0.3) is 17.0 Å². The summed E-state index contributed by atoms with van der Waals surface area (Å²) in [6.45, 7) is 4.44. The number of furan rings is 1. The highest BCUT2D eigenvalue weighted by atomic mass is 16.5.